The second-order valence-electron chi connectivity index (χ2n) is 6.59. The number of carbonyl (C=O) groups is 1. The quantitative estimate of drug-likeness (QED) is 0.923. The van der Waals surface area contributed by atoms with Crippen LogP contribution in [0.25, 0.3) is 0 Å². The van der Waals surface area contributed by atoms with Crippen LogP contribution in [0, 0.1) is 12.8 Å². The first kappa shape index (κ1) is 15.0. The fourth-order valence-corrected chi connectivity index (χ4v) is 4.54. The molecule has 2 aliphatic rings. The van der Waals surface area contributed by atoms with Crippen LogP contribution < -0.4 is 5.32 Å². The maximum absolute atomic E-state index is 12.5. The highest BCUT2D eigenvalue weighted by Crippen LogP contribution is 2.28. The molecule has 0 aromatic carbocycles. The van der Waals surface area contributed by atoms with E-state index in [1.165, 1.54) is 22.6 Å². The zero-order valence-corrected chi connectivity index (χ0v) is 13.9. The van der Waals surface area contributed by atoms with Crippen molar-refractivity contribution in [1.82, 2.24) is 10.2 Å². The molecule has 0 radical (unpaired) electrons. The first-order chi connectivity index (χ1) is 10.1. The van der Waals surface area contributed by atoms with Gasteiger partial charge in [-0.15, -0.1) is 11.3 Å². The van der Waals surface area contributed by atoms with Crippen LogP contribution in [0.5, 0.6) is 0 Å². The smallest absolute Gasteiger partial charge is 0.225 e. The molecule has 0 unspecified atom stereocenters. The van der Waals surface area contributed by atoms with Crippen LogP contribution in [0.1, 0.15) is 54.8 Å². The summed E-state index contributed by atoms with van der Waals surface area (Å²) in [5, 5.41) is 3.70. The number of thiophene rings is 1. The first-order valence-corrected chi connectivity index (χ1v) is 9.06. The summed E-state index contributed by atoms with van der Waals surface area (Å²) in [6.07, 6.45) is 5.78. The van der Waals surface area contributed by atoms with Crippen molar-refractivity contribution in [2.24, 2.45) is 5.92 Å². The van der Waals surface area contributed by atoms with Gasteiger partial charge >= 0.3 is 0 Å². The molecule has 21 heavy (non-hydrogen) atoms. The maximum atomic E-state index is 12.5. The lowest BCUT2D eigenvalue weighted by molar-refractivity contribution is -0.134. The van der Waals surface area contributed by atoms with E-state index in [0.717, 1.165) is 32.4 Å². The van der Waals surface area contributed by atoms with Gasteiger partial charge in [-0.3, -0.25) is 4.79 Å². The lowest BCUT2D eigenvalue weighted by atomic mass is 10.1. The van der Waals surface area contributed by atoms with Gasteiger partial charge in [-0.2, -0.15) is 0 Å². The predicted molar refractivity (Wildman–Crippen MR) is 87.5 cm³/mol. The Labute approximate surface area is 131 Å². The van der Waals surface area contributed by atoms with Crippen molar-refractivity contribution in [3.8, 4) is 0 Å². The molecule has 2 heterocycles. The van der Waals surface area contributed by atoms with Crippen LogP contribution in [0.3, 0.4) is 0 Å². The van der Waals surface area contributed by atoms with Crippen LogP contribution in [0.4, 0.5) is 0 Å². The third-order valence-corrected chi connectivity index (χ3v) is 6.06. The Morgan fingerprint density at radius 1 is 1.33 bits per heavy atom. The van der Waals surface area contributed by atoms with Gasteiger partial charge in [0.15, 0.2) is 0 Å². The van der Waals surface area contributed by atoms with Gasteiger partial charge in [0.05, 0.1) is 0 Å². The summed E-state index contributed by atoms with van der Waals surface area (Å²) in [5.74, 6) is 0.734. The monoisotopic (exact) mass is 306 g/mol. The van der Waals surface area contributed by atoms with Gasteiger partial charge < -0.3 is 10.2 Å². The highest BCUT2D eigenvalue weighted by Gasteiger charge is 2.32. The number of hydrogen-bond donors (Lipinski definition) is 1. The van der Waals surface area contributed by atoms with Gasteiger partial charge in [0, 0.05) is 40.8 Å². The Hall–Kier alpha value is -0.870. The minimum atomic E-state index is 0.320. The van der Waals surface area contributed by atoms with E-state index in [4.69, 9.17) is 0 Å². The van der Waals surface area contributed by atoms with E-state index in [0.29, 0.717) is 23.9 Å². The second-order valence-corrected chi connectivity index (χ2v) is 7.91. The molecule has 1 aromatic rings. The Balaban J connectivity index is 1.51. The van der Waals surface area contributed by atoms with Crippen molar-refractivity contribution in [3.63, 3.8) is 0 Å². The Morgan fingerprint density at radius 3 is 2.76 bits per heavy atom. The molecule has 1 saturated heterocycles. The number of nitrogens with zero attached hydrogens (tertiary/aromatic N) is 1. The van der Waals surface area contributed by atoms with Crippen molar-refractivity contribution in [2.45, 2.75) is 58.0 Å². The van der Waals surface area contributed by atoms with Gasteiger partial charge in [0.1, 0.15) is 0 Å². The first-order valence-electron chi connectivity index (χ1n) is 8.24. The SMILES string of the molecule is Cc1ccc([C@@H](C)N[C@@H]2CCN(C(=O)C3CCCC3)C2)s1. The Kier molecular flexibility index (Phi) is 4.65. The fourth-order valence-electron chi connectivity index (χ4n) is 3.65. The number of carbonyl (C=O) groups excluding carboxylic acids is 1. The second kappa shape index (κ2) is 6.49. The number of likely N-dealkylation sites (tertiary alicyclic amines) is 1. The molecule has 2 fully saturated rings. The van der Waals surface area contributed by atoms with Crippen LogP contribution in [0.2, 0.25) is 0 Å². The van der Waals surface area contributed by atoms with Crippen LogP contribution >= 0.6 is 11.3 Å². The molecule has 1 aromatic heterocycles. The minimum Gasteiger partial charge on any atom is -0.341 e. The molecule has 1 aliphatic heterocycles. The number of aryl methyl sites for hydroxylation is 1. The molecule has 1 N–H and O–H groups in total. The third-order valence-electron chi connectivity index (χ3n) is 4.88. The molecule has 3 nitrogen and oxygen atoms in total. The molecule has 1 aliphatic carbocycles. The van der Waals surface area contributed by atoms with Crippen LogP contribution in [0.15, 0.2) is 12.1 Å². The van der Waals surface area contributed by atoms with E-state index in [9.17, 15) is 4.79 Å². The van der Waals surface area contributed by atoms with E-state index >= 15 is 0 Å². The van der Waals surface area contributed by atoms with Crippen molar-refractivity contribution < 1.29 is 4.79 Å². The van der Waals surface area contributed by atoms with Crippen molar-refractivity contribution in [3.05, 3.63) is 21.9 Å². The summed E-state index contributed by atoms with van der Waals surface area (Å²) in [6, 6.07) is 5.24. The molecule has 2 atom stereocenters. The average Bonchev–Trinajstić information content (AvgIpc) is 3.18. The summed E-state index contributed by atoms with van der Waals surface area (Å²) in [4.78, 5) is 17.3. The number of nitrogens with one attached hydrogen (secondary N) is 1. The van der Waals surface area contributed by atoms with Crippen LogP contribution in [-0.2, 0) is 4.79 Å². The zero-order valence-electron chi connectivity index (χ0n) is 13.1. The highest BCUT2D eigenvalue weighted by molar-refractivity contribution is 7.12. The molecule has 0 bridgehead atoms. The number of hydrogen-bond acceptors (Lipinski definition) is 3. The van der Waals surface area contributed by atoms with Crippen molar-refractivity contribution in [1.29, 1.82) is 0 Å². The molecule has 0 spiro atoms. The van der Waals surface area contributed by atoms with E-state index in [1.54, 1.807) is 0 Å². The summed E-state index contributed by atoms with van der Waals surface area (Å²) in [7, 11) is 0. The van der Waals surface area contributed by atoms with Crippen molar-refractivity contribution >= 4 is 17.2 Å². The summed E-state index contributed by atoms with van der Waals surface area (Å²) in [5.41, 5.74) is 0. The van der Waals surface area contributed by atoms with E-state index < -0.39 is 0 Å². The fraction of sp³-hybridized carbons (Fsp3) is 0.706. The molecular weight excluding hydrogens is 280 g/mol. The lowest BCUT2D eigenvalue weighted by Gasteiger charge is -2.22. The third kappa shape index (κ3) is 3.49. The number of amides is 1. The van der Waals surface area contributed by atoms with Gasteiger partial charge in [-0.25, -0.2) is 0 Å². The largest absolute Gasteiger partial charge is 0.341 e. The van der Waals surface area contributed by atoms with Crippen molar-refractivity contribution in [2.75, 3.05) is 13.1 Å². The Morgan fingerprint density at radius 2 is 2.10 bits per heavy atom. The molecule has 4 heteroatoms. The zero-order chi connectivity index (χ0) is 14.8. The molecule has 3 rings (SSSR count). The molecule has 1 saturated carbocycles. The van der Waals surface area contributed by atoms with Gasteiger partial charge in [-0.05, 0) is 45.2 Å². The lowest BCUT2D eigenvalue weighted by Crippen LogP contribution is -2.38. The normalized spacial score (nSPS) is 24.7. The molecule has 116 valence electrons. The Bertz CT molecular complexity index is 493. The van der Waals surface area contributed by atoms with Crippen LogP contribution in [-0.4, -0.2) is 29.9 Å². The number of rotatable bonds is 4. The predicted octanol–water partition coefficient (Wildman–Crippen LogP) is 3.50. The van der Waals surface area contributed by atoms with E-state index in [-0.39, 0.29) is 0 Å². The maximum Gasteiger partial charge on any atom is 0.225 e. The molecular formula is C17H26N2OS. The summed E-state index contributed by atoms with van der Waals surface area (Å²) in [6.45, 7) is 6.21. The summed E-state index contributed by atoms with van der Waals surface area (Å²) < 4.78 is 0. The van der Waals surface area contributed by atoms with E-state index in [2.05, 4.69) is 36.2 Å². The average molecular weight is 306 g/mol. The minimum absolute atomic E-state index is 0.320. The topological polar surface area (TPSA) is 32.3 Å². The molecule has 1 amide bonds. The van der Waals surface area contributed by atoms with Gasteiger partial charge in [0.2, 0.25) is 5.91 Å². The highest BCUT2D eigenvalue weighted by atomic mass is 32.1. The van der Waals surface area contributed by atoms with Gasteiger partial charge in [-0.1, -0.05) is 12.8 Å². The summed E-state index contributed by atoms with van der Waals surface area (Å²) >= 11 is 1.86. The van der Waals surface area contributed by atoms with Gasteiger partial charge in [0.25, 0.3) is 0 Å². The standard InChI is InChI=1S/C17H26N2OS/c1-12-7-8-16(21-12)13(2)18-15-9-10-19(11-15)17(20)14-5-3-4-6-14/h7-8,13-15,18H,3-6,9-11H2,1-2H3/t13-,15-/m1/s1. The van der Waals surface area contributed by atoms with E-state index in [1.807, 2.05) is 11.3 Å².